The maximum atomic E-state index is 11.6. The number of hydrogen-bond acceptors (Lipinski definition) is 6. The summed E-state index contributed by atoms with van der Waals surface area (Å²) in [7, 11) is 0. The van der Waals surface area contributed by atoms with Crippen LogP contribution in [0.3, 0.4) is 0 Å². The van der Waals surface area contributed by atoms with Gasteiger partial charge in [-0.05, 0) is 31.4 Å². The van der Waals surface area contributed by atoms with Crippen LogP contribution in [0, 0.1) is 5.41 Å². The number of carbonyl (C=O) groups excluding carboxylic acids is 1. The van der Waals surface area contributed by atoms with Gasteiger partial charge < -0.3 is 11.1 Å². The van der Waals surface area contributed by atoms with Gasteiger partial charge in [-0.25, -0.2) is 0 Å². The topological polar surface area (TPSA) is 133 Å². The lowest BCUT2D eigenvalue weighted by Crippen LogP contribution is -2.35. The van der Waals surface area contributed by atoms with Gasteiger partial charge >= 0.3 is 0 Å². The lowest BCUT2D eigenvalue weighted by molar-refractivity contribution is -0.117. The summed E-state index contributed by atoms with van der Waals surface area (Å²) < 4.78 is 0. The Labute approximate surface area is 105 Å². The second-order valence-electron chi connectivity index (χ2n) is 4.21. The molecule has 0 aliphatic carbocycles. The summed E-state index contributed by atoms with van der Waals surface area (Å²) in [6, 6.07) is -0.565. The molecule has 0 radical (unpaired) electrons. The maximum absolute atomic E-state index is 11.6. The monoisotopic (exact) mass is 253 g/mol. The van der Waals surface area contributed by atoms with Crippen LogP contribution in [0.5, 0.6) is 0 Å². The molecular formula is C10H19N7O. The fourth-order valence-corrected chi connectivity index (χ4v) is 1.48. The van der Waals surface area contributed by atoms with E-state index >= 15 is 0 Å². The third-order valence-corrected chi connectivity index (χ3v) is 2.48. The number of hydrogen-bond donors (Lipinski definition) is 4. The van der Waals surface area contributed by atoms with Gasteiger partial charge in [-0.2, -0.15) is 5.21 Å². The van der Waals surface area contributed by atoms with Crippen LogP contribution in [0.2, 0.25) is 0 Å². The summed E-state index contributed by atoms with van der Waals surface area (Å²) >= 11 is 0. The Kier molecular flexibility index (Phi) is 5.92. The van der Waals surface area contributed by atoms with Crippen molar-refractivity contribution in [3.8, 4) is 0 Å². The van der Waals surface area contributed by atoms with Crippen LogP contribution < -0.4 is 11.1 Å². The first-order chi connectivity index (χ1) is 8.59. The standard InChI is InChI=1S/C10H19N7O/c1-7(11)5-3-2-4-6-8(12)9(18)13-10-14-16-17-15-10/h8,11H,2-6,12H2,1H3,(H2,13,14,15,16,17,18). The Morgan fingerprint density at radius 1 is 1.50 bits per heavy atom. The molecule has 0 bridgehead atoms. The van der Waals surface area contributed by atoms with Crippen molar-refractivity contribution in [2.45, 2.75) is 45.1 Å². The van der Waals surface area contributed by atoms with Gasteiger partial charge in [0.1, 0.15) is 0 Å². The van der Waals surface area contributed by atoms with Gasteiger partial charge in [0.05, 0.1) is 6.04 Å². The molecule has 8 nitrogen and oxygen atoms in total. The number of H-pyrrole nitrogens is 1. The number of anilines is 1. The van der Waals surface area contributed by atoms with Crippen LogP contribution in [0.4, 0.5) is 5.95 Å². The molecule has 8 heteroatoms. The van der Waals surface area contributed by atoms with E-state index in [-0.39, 0.29) is 11.9 Å². The summed E-state index contributed by atoms with van der Waals surface area (Å²) in [6.45, 7) is 1.80. The molecule has 0 aliphatic rings. The minimum atomic E-state index is -0.565. The predicted octanol–water partition coefficient (Wildman–Crippen LogP) is 0.456. The molecule has 1 unspecified atom stereocenters. The Bertz CT molecular complexity index is 376. The number of amides is 1. The lowest BCUT2D eigenvalue weighted by atomic mass is 10.1. The molecule has 0 saturated heterocycles. The number of nitrogens with zero attached hydrogens (tertiary/aromatic N) is 3. The van der Waals surface area contributed by atoms with E-state index in [9.17, 15) is 4.79 Å². The highest BCUT2D eigenvalue weighted by atomic mass is 16.2. The molecule has 0 fully saturated rings. The SMILES string of the molecule is CC(=N)CCCCCC(N)C(=O)Nc1nn[nH]n1. The van der Waals surface area contributed by atoms with E-state index in [1.54, 1.807) is 6.92 Å². The second kappa shape index (κ2) is 7.49. The molecule has 1 aromatic heterocycles. The lowest BCUT2D eigenvalue weighted by Gasteiger charge is -2.09. The molecular weight excluding hydrogens is 234 g/mol. The number of nitrogens with two attached hydrogens (primary N) is 1. The molecule has 1 rings (SSSR count). The number of tetrazole rings is 1. The highest BCUT2D eigenvalue weighted by Crippen LogP contribution is 2.06. The molecule has 1 heterocycles. The van der Waals surface area contributed by atoms with Crippen LogP contribution >= 0.6 is 0 Å². The minimum absolute atomic E-state index is 0.134. The molecule has 0 aliphatic heterocycles. The molecule has 1 atom stereocenters. The van der Waals surface area contributed by atoms with E-state index in [0.29, 0.717) is 12.1 Å². The van der Waals surface area contributed by atoms with E-state index < -0.39 is 6.04 Å². The number of aromatic nitrogens is 4. The third kappa shape index (κ3) is 5.48. The number of nitrogens with one attached hydrogen (secondary N) is 3. The number of carbonyl (C=O) groups is 1. The van der Waals surface area contributed by atoms with E-state index in [4.69, 9.17) is 11.1 Å². The Morgan fingerprint density at radius 2 is 2.28 bits per heavy atom. The molecule has 0 spiro atoms. The van der Waals surface area contributed by atoms with Crippen LogP contribution in [0.25, 0.3) is 0 Å². The Hall–Kier alpha value is -1.83. The number of unbranched alkanes of at least 4 members (excludes halogenated alkanes) is 2. The van der Waals surface area contributed by atoms with Gasteiger partial charge in [-0.3, -0.25) is 10.1 Å². The van der Waals surface area contributed by atoms with Crippen molar-refractivity contribution in [2.75, 3.05) is 5.32 Å². The summed E-state index contributed by atoms with van der Waals surface area (Å²) in [4.78, 5) is 11.6. The van der Waals surface area contributed by atoms with Gasteiger partial charge in [0.2, 0.25) is 5.91 Å². The largest absolute Gasteiger partial charge is 0.320 e. The normalized spacial score (nSPS) is 12.1. The van der Waals surface area contributed by atoms with Crippen molar-refractivity contribution < 1.29 is 4.79 Å². The van der Waals surface area contributed by atoms with Crippen LogP contribution in [0.15, 0.2) is 0 Å². The average Bonchev–Trinajstić information content (AvgIpc) is 2.80. The van der Waals surface area contributed by atoms with E-state index in [2.05, 4.69) is 25.9 Å². The van der Waals surface area contributed by atoms with Crippen molar-refractivity contribution in [1.29, 1.82) is 5.41 Å². The van der Waals surface area contributed by atoms with Gasteiger partial charge in [0.15, 0.2) is 0 Å². The van der Waals surface area contributed by atoms with Crippen LogP contribution in [-0.2, 0) is 4.79 Å². The molecule has 5 N–H and O–H groups in total. The fraction of sp³-hybridized carbons (Fsp3) is 0.700. The highest BCUT2D eigenvalue weighted by Gasteiger charge is 2.14. The van der Waals surface area contributed by atoms with Gasteiger partial charge in [-0.15, -0.1) is 5.10 Å². The van der Waals surface area contributed by atoms with Crippen molar-refractivity contribution in [3.63, 3.8) is 0 Å². The van der Waals surface area contributed by atoms with Gasteiger partial charge in [0.25, 0.3) is 5.95 Å². The van der Waals surface area contributed by atoms with Gasteiger partial charge in [-0.1, -0.05) is 17.9 Å². The zero-order valence-corrected chi connectivity index (χ0v) is 10.4. The molecule has 1 amide bonds. The van der Waals surface area contributed by atoms with Crippen molar-refractivity contribution in [3.05, 3.63) is 0 Å². The number of rotatable bonds is 8. The average molecular weight is 253 g/mol. The maximum Gasteiger partial charge on any atom is 0.269 e. The zero-order chi connectivity index (χ0) is 13.4. The van der Waals surface area contributed by atoms with Crippen LogP contribution in [-0.4, -0.2) is 38.3 Å². The molecule has 18 heavy (non-hydrogen) atoms. The smallest absolute Gasteiger partial charge is 0.269 e. The first kappa shape index (κ1) is 14.2. The molecule has 0 aromatic carbocycles. The van der Waals surface area contributed by atoms with Crippen molar-refractivity contribution >= 4 is 17.6 Å². The fourth-order valence-electron chi connectivity index (χ4n) is 1.48. The summed E-state index contributed by atoms with van der Waals surface area (Å²) in [5, 5.41) is 22.5. The summed E-state index contributed by atoms with van der Waals surface area (Å²) in [5.41, 5.74) is 6.42. The van der Waals surface area contributed by atoms with Crippen molar-refractivity contribution in [2.24, 2.45) is 5.73 Å². The zero-order valence-electron chi connectivity index (χ0n) is 10.4. The first-order valence-corrected chi connectivity index (χ1v) is 5.93. The molecule has 100 valence electrons. The highest BCUT2D eigenvalue weighted by molar-refractivity contribution is 5.92. The predicted molar refractivity (Wildman–Crippen MR) is 67.3 cm³/mol. The quantitative estimate of drug-likeness (QED) is 0.394. The second-order valence-corrected chi connectivity index (χ2v) is 4.21. The molecule has 1 aromatic rings. The Morgan fingerprint density at radius 3 is 2.89 bits per heavy atom. The van der Waals surface area contributed by atoms with Crippen LogP contribution in [0.1, 0.15) is 39.0 Å². The number of aromatic amines is 1. The van der Waals surface area contributed by atoms with E-state index in [0.717, 1.165) is 25.7 Å². The van der Waals surface area contributed by atoms with E-state index in [1.165, 1.54) is 0 Å². The summed E-state index contributed by atoms with van der Waals surface area (Å²) in [6.07, 6.45) is 4.23. The Balaban J connectivity index is 2.14. The third-order valence-electron chi connectivity index (χ3n) is 2.48. The minimum Gasteiger partial charge on any atom is -0.320 e. The summed E-state index contributed by atoms with van der Waals surface area (Å²) in [5.74, 6) is -0.172. The first-order valence-electron chi connectivity index (χ1n) is 5.93. The molecule has 0 saturated carbocycles. The van der Waals surface area contributed by atoms with Gasteiger partial charge in [0, 0.05) is 5.71 Å². The van der Waals surface area contributed by atoms with E-state index in [1.807, 2.05) is 0 Å². The van der Waals surface area contributed by atoms with Crippen molar-refractivity contribution in [1.82, 2.24) is 20.6 Å².